The van der Waals surface area contributed by atoms with E-state index in [9.17, 15) is 30.3 Å². The molecular formula is C35H58O8. The fourth-order valence-electron chi connectivity index (χ4n) is 6.48. The number of ether oxygens (including phenoxy) is 2. The van der Waals surface area contributed by atoms with Crippen molar-refractivity contribution in [3.05, 3.63) is 46.6 Å². The van der Waals surface area contributed by atoms with Gasteiger partial charge in [-0.05, 0) is 109 Å². The smallest absolute Gasteiger partial charge is 0.186 e. The van der Waals surface area contributed by atoms with Crippen molar-refractivity contribution in [3.8, 4) is 0 Å². The highest BCUT2D eigenvalue weighted by atomic mass is 16.7. The highest BCUT2D eigenvalue weighted by molar-refractivity contribution is 5.71. The van der Waals surface area contributed by atoms with Gasteiger partial charge in [-0.15, -0.1) is 0 Å². The SMILES string of the molecule is C/C(C=O)=C\CC/C(C)=C/CC/C(C)=C/C(O)C/C=C(\C)CC[C@H]1C(C)(C)[C@@H](O[C@@H]2OC[C@@H](O)[C@H](O)[C@H]2O)CC[C@]1(C)O. The summed E-state index contributed by atoms with van der Waals surface area (Å²) in [4.78, 5) is 10.7. The van der Waals surface area contributed by atoms with Gasteiger partial charge >= 0.3 is 0 Å². The first kappa shape index (κ1) is 37.5. The zero-order chi connectivity index (χ0) is 32.4. The lowest BCUT2D eigenvalue weighted by Crippen LogP contribution is -2.59. The van der Waals surface area contributed by atoms with E-state index in [-0.39, 0.29) is 18.6 Å². The van der Waals surface area contributed by atoms with Crippen molar-refractivity contribution in [2.24, 2.45) is 11.3 Å². The molecule has 43 heavy (non-hydrogen) atoms. The molecule has 2 aliphatic rings. The summed E-state index contributed by atoms with van der Waals surface area (Å²) in [7, 11) is 0. The number of aldehydes is 1. The summed E-state index contributed by atoms with van der Waals surface area (Å²) in [5, 5.41) is 52.1. The molecular weight excluding hydrogens is 548 g/mol. The van der Waals surface area contributed by atoms with Crippen molar-refractivity contribution in [1.29, 1.82) is 0 Å². The Kier molecular flexibility index (Phi) is 15.0. The Labute approximate surface area is 259 Å². The number of aliphatic hydroxyl groups is 5. The van der Waals surface area contributed by atoms with E-state index in [1.807, 2.05) is 32.9 Å². The molecule has 2 fully saturated rings. The zero-order valence-electron chi connectivity index (χ0n) is 27.5. The number of hydrogen-bond donors (Lipinski definition) is 5. The second kappa shape index (κ2) is 17.2. The van der Waals surface area contributed by atoms with Gasteiger partial charge in [0.2, 0.25) is 0 Å². The fraction of sp³-hybridized carbons (Fsp3) is 0.743. The van der Waals surface area contributed by atoms with Gasteiger partial charge in [-0.1, -0.05) is 54.9 Å². The van der Waals surface area contributed by atoms with Crippen LogP contribution in [0, 0.1) is 11.3 Å². The molecule has 0 aromatic rings. The number of rotatable bonds is 15. The largest absolute Gasteiger partial charge is 0.390 e. The first-order chi connectivity index (χ1) is 20.1. The first-order valence-corrected chi connectivity index (χ1v) is 15.9. The van der Waals surface area contributed by atoms with Crippen molar-refractivity contribution in [1.82, 2.24) is 0 Å². The van der Waals surface area contributed by atoms with Crippen LogP contribution in [0.3, 0.4) is 0 Å². The maximum absolute atomic E-state index is 11.3. The van der Waals surface area contributed by atoms with Gasteiger partial charge in [-0.2, -0.15) is 0 Å². The van der Waals surface area contributed by atoms with Gasteiger partial charge in [-0.3, -0.25) is 4.79 Å². The van der Waals surface area contributed by atoms with E-state index in [1.54, 1.807) is 0 Å². The molecule has 5 N–H and O–H groups in total. The predicted molar refractivity (Wildman–Crippen MR) is 169 cm³/mol. The number of aliphatic hydroxyl groups excluding tert-OH is 4. The van der Waals surface area contributed by atoms with Crippen LogP contribution >= 0.6 is 0 Å². The van der Waals surface area contributed by atoms with Gasteiger partial charge in [0.1, 0.15) is 24.6 Å². The van der Waals surface area contributed by atoms with E-state index in [0.717, 1.165) is 61.5 Å². The molecule has 1 heterocycles. The van der Waals surface area contributed by atoms with Gasteiger partial charge in [0.05, 0.1) is 24.4 Å². The lowest BCUT2D eigenvalue weighted by molar-refractivity contribution is -0.304. The van der Waals surface area contributed by atoms with Crippen LogP contribution in [0.15, 0.2) is 46.6 Å². The summed E-state index contributed by atoms with van der Waals surface area (Å²) in [6.07, 6.45) is 10.1. The molecule has 0 spiro atoms. The summed E-state index contributed by atoms with van der Waals surface area (Å²) >= 11 is 0. The Hall–Kier alpha value is -1.65. The molecule has 0 bridgehead atoms. The van der Waals surface area contributed by atoms with Crippen LogP contribution in [0.4, 0.5) is 0 Å². The molecule has 1 saturated heterocycles. The van der Waals surface area contributed by atoms with E-state index in [4.69, 9.17) is 9.47 Å². The minimum atomic E-state index is -1.35. The van der Waals surface area contributed by atoms with E-state index < -0.39 is 41.7 Å². The van der Waals surface area contributed by atoms with Gasteiger partial charge in [-0.25, -0.2) is 0 Å². The van der Waals surface area contributed by atoms with Crippen molar-refractivity contribution < 1.29 is 39.8 Å². The minimum Gasteiger partial charge on any atom is -0.390 e. The monoisotopic (exact) mass is 606 g/mol. The number of carbonyl (C=O) groups excluding carboxylic acids is 1. The van der Waals surface area contributed by atoms with Gasteiger partial charge < -0.3 is 35.0 Å². The summed E-state index contributed by atoms with van der Waals surface area (Å²) in [6.45, 7) is 13.9. The molecule has 1 saturated carbocycles. The van der Waals surface area contributed by atoms with E-state index >= 15 is 0 Å². The molecule has 0 aromatic carbocycles. The highest BCUT2D eigenvalue weighted by Crippen LogP contribution is 2.50. The predicted octanol–water partition coefficient (Wildman–Crippen LogP) is 5.07. The molecule has 8 nitrogen and oxygen atoms in total. The van der Waals surface area contributed by atoms with Crippen LogP contribution in [-0.4, -0.2) is 80.8 Å². The summed E-state index contributed by atoms with van der Waals surface area (Å²) < 4.78 is 11.7. The summed E-state index contributed by atoms with van der Waals surface area (Å²) in [5.41, 5.74) is 3.05. The van der Waals surface area contributed by atoms with Crippen molar-refractivity contribution >= 4 is 6.29 Å². The maximum Gasteiger partial charge on any atom is 0.186 e. The summed E-state index contributed by atoms with van der Waals surface area (Å²) in [5.74, 6) is -0.0908. The van der Waals surface area contributed by atoms with Crippen LogP contribution in [-0.2, 0) is 14.3 Å². The Morgan fingerprint density at radius 3 is 2.23 bits per heavy atom. The molecule has 2 rings (SSSR count). The van der Waals surface area contributed by atoms with Crippen LogP contribution in [0.1, 0.15) is 106 Å². The van der Waals surface area contributed by atoms with E-state index in [0.29, 0.717) is 19.3 Å². The molecule has 0 amide bonds. The molecule has 0 radical (unpaired) electrons. The van der Waals surface area contributed by atoms with Crippen LogP contribution in [0.2, 0.25) is 0 Å². The van der Waals surface area contributed by atoms with Crippen molar-refractivity contribution in [2.45, 2.75) is 149 Å². The topological polar surface area (TPSA) is 137 Å². The summed E-state index contributed by atoms with van der Waals surface area (Å²) in [6, 6.07) is 0. The number of carbonyl (C=O) groups is 1. The Balaban J connectivity index is 1.88. The lowest BCUT2D eigenvalue weighted by Gasteiger charge is -2.53. The zero-order valence-corrected chi connectivity index (χ0v) is 27.5. The third kappa shape index (κ3) is 11.7. The molecule has 8 heteroatoms. The van der Waals surface area contributed by atoms with E-state index in [1.165, 1.54) is 5.57 Å². The molecule has 1 aliphatic carbocycles. The third-order valence-corrected chi connectivity index (χ3v) is 9.38. The molecule has 1 aliphatic heterocycles. The average Bonchev–Trinajstić information content (AvgIpc) is 2.92. The third-order valence-electron chi connectivity index (χ3n) is 9.38. The van der Waals surface area contributed by atoms with Gasteiger partial charge in [0.25, 0.3) is 0 Å². The number of allylic oxidation sites excluding steroid dienone is 6. The average molecular weight is 607 g/mol. The Bertz CT molecular complexity index is 1010. The molecule has 8 atom stereocenters. The molecule has 1 unspecified atom stereocenters. The van der Waals surface area contributed by atoms with Crippen LogP contribution < -0.4 is 0 Å². The maximum atomic E-state index is 11.3. The molecule has 0 aromatic heterocycles. The Morgan fingerprint density at radius 2 is 1.56 bits per heavy atom. The number of hydrogen-bond acceptors (Lipinski definition) is 8. The lowest BCUT2D eigenvalue weighted by atomic mass is 9.59. The first-order valence-electron chi connectivity index (χ1n) is 15.9. The van der Waals surface area contributed by atoms with Crippen molar-refractivity contribution in [2.75, 3.05) is 6.61 Å². The van der Waals surface area contributed by atoms with Gasteiger partial charge in [0.15, 0.2) is 6.29 Å². The second-order valence-electron chi connectivity index (χ2n) is 13.7. The second-order valence-corrected chi connectivity index (χ2v) is 13.7. The Morgan fingerprint density at radius 1 is 0.930 bits per heavy atom. The van der Waals surface area contributed by atoms with Crippen LogP contribution in [0.25, 0.3) is 0 Å². The quantitative estimate of drug-likeness (QED) is 0.0990. The highest BCUT2D eigenvalue weighted by Gasteiger charge is 2.52. The molecule has 246 valence electrons. The van der Waals surface area contributed by atoms with Crippen LogP contribution in [0.5, 0.6) is 0 Å². The van der Waals surface area contributed by atoms with E-state index in [2.05, 4.69) is 39.8 Å². The van der Waals surface area contributed by atoms with Gasteiger partial charge in [0, 0.05) is 0 Å². The normalized spacial score (nSPS) is 33.4. The standard InChI is InChI=1S/C35H58O8/c1-23(11-9-13-26(4)21-36)10-8-12-25(3)20-27(37)16-14-24(2)15-17-29-34(5,6)30(18-19-35(29,7)41)43-33-32(40)31(39)28(38)22-42-33/h10,13-14,20-21,27-33,37-41H,8-9,11-12,15-19,22H2,1-7H3/b23-10+,24-14+,25-20+,26-13+/t27?,28-,29+,30+,31+,32-,33+,35+/m1/s1. The minimum absolute atomic E-state index is 0.0908. The van der Waals surface area contributed by atoms with Crippen molar-refractivity contribution in [3.63, 3.8) is 0 Å². The fourth-order valence-corrected chi connectivity index (χ4v) is 6.48.